The smallest absolute Gasteiger partial charge is 0.394 e. The van der Waals surface area contributed by atoms with Gasteiger partial charge in [0.15, 0.2) is 0 Å². The van der Waals surface area contributed by atoms with Gasteiger partial charge in [-0.15, -0.1) is 0 Å². The Balaban J connectivity index is -0.000000495. The highest BCUT2D eigenvalue weighted by Crippen LogP contribution is 1.92. The lowest BCUT2D eigenvalue weighted by molar-refractivity contribution is -0.137. The Hall–Kier alpha value is -6.27. The van der Waals surface area contributed by atoms with Gasteiger partial charge in [0.05, 0.1) is 19.8 Å². The van der Waals surface area contributed by atoms with Gasteiger partial charge in [0, 0.05) is 55.2 Å². The van der Waals surface area contributed by atoms with Gasteiger partial charge in [-0.1, -0.05) is 0 Å². The van der Waals surface area contributed by atoms with Crippen molar-refractivity contribution in [3.63, 3.8) is 0 Å². The van der Waals surface area contributed by atoms with Crippen LogP contribution in [-0.2, 0) is 28.6 Å². The molecule has 0 aromatic carbocycles. The van der Waals surface area contributed by atoms with Crippen molar-refractivity contribution in [2.45, 2.75) is 20.8 Å². The first-order chi connectivity index (χ1) is 20.8. The number of hydrogen-bond acceptors (Lipinski definition) is 16. The summed E-state index contributed by atoms with van der Waals surface area (Å²) in [5.74, 6) is -3.65. The predicted molar refractivity (Wildman–Crippen MR) is 153 cm³/mol. The molecule has 0 radical (unpaired) electrons. The topological polar surface area (TPSA) is 326 Å². The van der Waals surface area contributed by atoms with Gasteiger partial charge in [-0.2, -0.15) is 0 Å². The molecule has 0 unspecified atom stereocenters. The van der Waals surface area contributed by atoms with E-state index in [2.05, 4.69) is 45.0 Å². The number of rotatable bonds is 8. The Morgan fingerprint density at radius 2 is 1.34 bits per heavy atom. The van der Waals surface area contributed by atoms with Crippen LogP contribution in [0.25, 0.3) is 0 Å². The molecular weight excluding hydrogens is 590 g/mol. The van der Waals surface area contributed by atoms with E-state index in [-0.39, 0.29) is 30.5 Å². The number of carbonyl (C=O) groups excluding carboxylic acids is 4. The Morgan fingerprint density at radius 3 is 1.73 bits per heavy atom. The van der Waals surface area contributed by atoms with E-state index in [1.807, 2.05) is 0 Å². The van der Waals surface area contributed by atoms with Crippen molar-refractivity contribution in [2.75, 3.05) is 19.8 Å². The third kappa shape index (κ3) is 27.3. The Morgan fingerprint density at radius 1 is 0.818 bits per heavy atom. The number of ether oxygens (including phenoxy) is 3. The summed E-state index contributed by atoms with van der Waals surface area (Å²) in [4.78, 5) is 81.8. The third-order valence-corrected chi connectivity index (χ3v) is 3.21. The molecule has 2 rings (SSSR count). The van der Waals surface area contributed by atoms with E-state index in [4.69, 9.17) is 16.6 Å². The second-order valence-electron chi connectivity index (χ2n) is 6.46. The number of nitrogens with two attached hydrogens (primary N) is 4. The number of primary amides is 1. The number of esters is 3. The number of nitrogens with one attached hydrogen (secondary N) is 1. The molecule has 0 spiro atoms. The van der Waals surface area contributed by atoms with Gasteiger partial charge in [0.25, 0.3) is 5.56 Å². The van der Waals surface area contributed by atoms with E-state index >= 15 is 0 Å². The fourth-order valence-electron chi connectivity index (χ4n) is 1.73. The molecule has 0 fully saturated rings. The first kappa shape index (κ1) is 42.2. The molecule has 0 atom stereocenters. The number of carboxylic acid groups (broad SMARTS) is 1. The summed E-state index contributed by atoms with van der Waals surface area (Å²) in [6.45, 7) is 5.94. The predicted octanol–water partition coefficient (Wildman–Crippen LogP) is -1.33. The maximum atomic E-state index is 10.9. The molecule has 44 heavy (non-hydrogen) atoms. The zero-order valence-electron chi connectivity index (χ0n) is 24.0. The second-order valence-corrected chi connectivity index (χ2v) is 6.46. The summed E-state index contributed by atoms with van der Waals surface area (Å²) < 4.78 is 18.1. The van der Waals surface area contributed by atoms with Crippen LogP contribution in [0.2, 0.25) is 0 Å². The lowest BCUT2D eigenvalue weighted by atomic mass is 10.5. The van der Waals surface area contributed by atoms with Crippen molar-refractivity contribution in [1.29, 1.82) is 0 Å². The largest absolute Gasteiger partial charge is 0.478 e. The Labute approximate surface area is 250 Å². The first-order valence-corrected chi connectivity index (χ1v) is 12.0. The quantitative estimate of drug-likeness (QED) is 0.112. The highest BCUT2D eigenvalue weighted by molar-refractivity contribution is 5.85. The average molecular weight is 626 g/mol. The van der Waals surface area contributed by atoms with Gasteiger partial charge in [-0.25, -0.2) is 33.9 Å². The van der Waals surface area contributed by atoms with Crippen LogP contribution >= 0.6 is 0 Å². The van der Waals surface area contributed by atoms with Crippen LogP contribution in [0.1, 0.15) is 42.1 Å². The summed E-state index contributed by atoms with van der Waals surface area (Å²) in [6.07, 6.45) is 8.79. The van der Waals surface area contributed by atoms with Crippen molar-refractivity contribution in [3.05, 3.63) is 93.8 Å². The number of amides is 1. The van der Waals surface area contributed by atoms with E-state index in [9.17, 15) is 33.6 Å². The Kier molecular flexibility index (Phi) is 27.1. The molecule has 0 saturated carbocycles. The second kappa shape index (κ2) is 28.3. The fourth-order valence-corrected chi connectivity index (χ4v) is 1.73. The van der Waals surface area contributed by atoms with E-state index < -0.39 is 35.4 Å². The van der Waals surface area contributed by atoms with Crippen molar-refractivity contribution >= 4 is 29.8 Å². The first-order valence-electron chi connectivity index (χ1n) is 12.0. The van der Waals surface area contributed by atoms with Crippen LogP contribution in [0.3, 0.4) is 0 Å². The van der Waals surface area contributed by atoms with Crippen molar-refractivity contribution in [3.8, 4) is 0 Å². The fraction of sp³-hybridized carbons (Fsp3) is 0.240. The van der Waals surface area contributed by atoms with Crippen LogP contribution in [0.4, 0.5) is 0 Å². The molecule has 1 amide bonds. The zero-order chi connectivity index (χ0) is 34.3. The monoisotopic (exact) mass is 625 g/mol. The summed E-state index contributed by atoms with van der Waals surface area (Å²) in [7, 11) is 0. The Bertz CT molecular complexity index is 1260. The van der Waals surface area contributed by atoms with Gasteiger partial charge in [0.1, 0.15) is 0 Å². The third-order valence-electron chi connectivity index (χ3n) is 3.21. The summed E-state index contributed by atoms with van der Waals surface area (Å²) in [5.41, 5.74) is 17.9. The zero-order valence-corrected chi connectivity index (χ0v) is 24.0. The molecule has 0 aliphatic carbocycles. The van der Waals surface area contributed by atoms with E-state index in [0.29, 0.717) is 6.61 Å². The van der Waals surface area contributed by atoms with E-state index in [1.54, 1.807) is 20.8 Å². The molecule has 2 heterocycles. The normalized spacial score (nSPS) is 9.43. The highest BCUT2D eigenvalue weighted by Gasteiger charge is 2.10. The molecule has 0 saturated heterocycles. The van der Waals surface area contributed by atoms with Gasteiger partial charge in [0.2, 0.25) is 11.7 Å². The molecule has 19 heteroatoms. The number of aromatic amines is 1. The lowest BCUT2D eigenvalue weighted by Crippen LogP contribution is -2.15. The number of aliphatic carboxylic acids is 1. The van der Waals surface area contributed by atoms with Gasteiger partial charge in [-0.3, -0.25) is 9.59 Å². The van der Waals surface area contributed by atoms with Crippen molar-refractivity contribution in [2.24, 2.45) is 22.9 Å². The molecular formula is C25H35N7O12. The minimum Gasteiger partial charge on any atom is -0.478 e. The van der Waals surface area contributed by atoms with Crippen molar-refractivity contribution < 1.29 is 47.7 Å². The number of aromatic nitrogens is 3. The lowest BCUT2D eigenvalue weighted by Gasteiger charge is -1.98. The molecule has 242 valence electrons. The van der Waals surface area contributed by atoms with Crippen LogP contribution in [0.15, 0.2) is 75.4 Å². The number of carboxylic acids is 1. The number of carbonyl (C=O) groups is 5. The standard InChI is InChI=1S/C7H8N2O3.C7H7NO4.C5H9NO2.C3H6N2O.C3H5NO2/c1-2-12-7(11)6-8-4-3-5(10)9-6;1-2-11-7(10)6-8-4-3-5(9)12-6;1-2-8-5(7)3-4-6;2*4-2-1-3(5)6/h3-4H,2H2,1H3,(H,8,9,10);3-4H,2H2,1H3;3-4H,2,6H2,1H3;1-2H,4H2,(H2,5,6);1-2H,4H2,(H,5,6)/b;;4-3-;2*2-1-. The van der Waals surface area contributed by atoms with Crippen LogP contribution < -0.4 is 34.1 Å². The maximum absolute atomic E-state index is 10.9. The highest BCUT2D eigenvalue weighted by atomic mass is 16.5. The maximum Gasteiger partial charge on any atom is 0.394 e. The number of H-pyrrole nitrogens is 1. The molecule has 0 aliphatic rings. The summed E-state index contributed by atoms with van der Waals surface area (Å²) >= 11 is 0. The van der Waals surface area contributed by atoms with Crippen LogP contribution in [0, 0.1) is 0 Å². The number of hydrogen-bond donors (Lipinski definition) is 6. The van der Waals surface area contributed by atoms with E-state index in [1.165, 1.54) is 24.5 Å². The van der Waals surface area contributed by atoms with Crippen molar-refractivity contribution in [1.82, 2.24) is 15.0 Å². The van der Waals surface area contributed by atoms with Crippen LogP contribution in [0.5, 0.6) is 0 Å². The minimum atomic E-state index is -1.02. The summed E-state index contributed by atoms with van der Waals surface area (Å²) in [5, 5.41) is 7.75. The average Bonchev–Trinajstić information content (AvgIpc) is 2.95. The summed E-state index contributed by atoms with van der Waals surface area (Å²) in [6, 6.07) is 2.34. The van der Waals surface area contributed by atoms with Gasteiger partial charge < -0.3 is 51.7 Å². The molecule has 0 bridgehead atoms. The molecule has 10 N–H and O–H groups in total. The van der Waals surface area contributed by atoms with E-state index in [0.717, 1.165) is 36.8 Å². The van der Waals surface area contributed by atoms with Gasteiger partial charge in [-0.05, 0) is 27.0 Å². The molecule has 2 aromatic rings. The molecule has 0 aliphatic heterocycles. The van der Waals surface area contributed by atoms with Gasteiger partial charge >= 0.3 is 35.4 Å². The minimum absolute atomic E-state index is 0.0654. The molecule has 2 aromatic heterocycles. The van der Waals surface area contributed by atoms with Crippen LogP contribution in [-0.4, -0.2) is 69.7 Å². The molecule has 19 nitrogen and oxygen atoms in total. The number of nitrogens with zero attached hydrogens (tertiary/aromatic N) is 2. The SMILES string of the molecule is CCOC(=O)/C=C\N.CCOC(=O)c1nccc(=O)[nH]1.CCOC(=O)c1nccc(=O)o1.N/C=C\C(=O)O.N/C=C\C(N)=O.